The molecular weight excluding hydrogens is 212 g/mol. The summed E-state index contributed by atoms with van der Waals surface area (Å²) in [7, 11) is 4.80. The third-order valence-corrected chi connectivity index (χ3v) is 4.70. The van der Waals surface area contributed by atoms with Crippen LogP contribution < -0.4 is 11.1 Å². The average Bonchev–Trinajstić information content (AvgIpc) is 2.29. The van der Waals surface area contributed by atoms with Gasteiger partial charge >= 0.3 is 0 Å². The number of likely N-dealkylation sites (N-methyl/N-ethyl adjacent to an activating group) is 2. The van der Waals surface area contributed by atoms with Gasteiger partial charge in [-0.25, -0.2) is 0 Å². The Balaban J connectivity index is 2.33. The number of hydrogen-bond acceptors (Lipinski definition) is 2. The number of nitrogens with two attached hydrogens (primary N) is 1. The van der Waals surface area contributed by atoms with E-state index in [1.54, 1.807) is 0 Å². The lowest BCUT2D eigenvalue weighted by Crippen LogP contribution is -2.66. The van der Waals surface area contributed by atoms with Crippen molar-refractivity contribution in [2.24, 2.45) is 5.73 Å². The Hall–Kier alpha value is -0.160. The molecule has 4 nitrogen and oxygen atoms in total. The maximum absolute atomic E-state index is 5.48. The lowest BCUT2D eigenvalue weighted by atomic mass is 10.1. The number of quaternary nitrogens is 2. The first-order valence-corrected chi connectivity index (χ1v) is 7.00. The second kappa shape index (κ2) is 6.14. The summed E-state index contributed by atoms with van der Waals surface area (Å²) in [6, 6.07) is 0.749. The summed E-state index contributed by atoms with van der Waals surface area (Å²) >= 11 is 0. The summed E-state index contributed by atoms with van der Waals surface area (Å²) in [6.07, 6.45) is 0. The molecule has 102 valence electrons. The van der Waals surface area contributed by atoms with Crippen LogP contribution in [0.3, 0.4) is 0 Å². The molecular formula is C13H32N4+2. The fourth-order valence-corrected chi connectivity index (χ4v) is 2.48. The third kappa shape index (κ3) is 4.21. The minimum Gasteiger partial charge on any atom is -0.329 e. The number of nitrogens with one attached hydrogen (secondary N) is 1. The van der Waals surface area contributed by atoms with Gasteiger partial charge in [-0.2, -0.15) is 0 Å². The molecule has 0 aliphatic carbocycles. The smallest absolute Gasteiger partial charge is 0.129 e. The highest BCUT2D eigenvalue weighted by atomic mass is 15.5. The van der Waals surface area contributed by atoms with Crippen LogP contribution >= 0.6 is 0 Å². The fraction of sp³-hybridized carbons (Fsp3) is 1.00. The zero-order chi connectivity index (χ0) is 12.9. The van der Waals surface area contributed by atoms with Crippen LogP contribution in [-0.4, -0.2) is 81.5 Å². The van der Waals surface area contributed by atoms with Gasteiger partial charge in [-0.15, -0.1) is 0 Å². The molecule has 4 heteroatoms. The van der Waals surface area contributed by atoms with E-state index >= 15 is 0 Å². The molecule has 0 aromatic heterocycles. The van der Waals surface area contributed by atoms with E-state index in [1.165, 1.54) is 41.7 Å². The highest BCUT2D eigenvalue weighted by molar-refractivity contribution is 4.55. The standard InChI is InChI=1S/C13H32N4/c1-13(2)17(4)11-9-16(3,10-12-17)8-7-15-6-5-14/h13,15H,5-12,14H2,1-4H3/q+2. The SMILES string of the molecule is CC(C)[N+]1(C)CC[N+](C)(CCNCCN)CC1. The van der Waals surface area contributed by atoms with E-state index < -0.39 is 0 Å². The molecule has 1 aliphatic heterocycles. The van der Waals surface area contributed by atoms with Gasteiger partial charge in [0.2, 0.25) is 0 Å². The van der Waals surface area contributed by atoms with Crippen molar-refractivity contribution in [3.63, 3.8) is 0 Å². The van der Waals surface area contributed by atoms with E-state index in [2.05, 4.69) is 33.3 Å². The molecule has 0 amide bonds. The number of hydrogen-bond donors (Lipinski definition) is 2. The predicted molar refractivity (Wildman–Crippen MR) is 73.8 cm³/mol. The molecule has 0 radical (unpaired) electrons. The molecule has 1 heterocycles. The van der Waals surface area contributed by atoms with E-state index in [9.17, 15) is 0 Å². The number of piperazine rings is 1. The third-order valence-electron chi connectivity index (χ3n) is 4.70. The molecule has 1 saturated heterocycles. The molecule has 0 unspecified atom stereocenters. The van der Waals surface area contributed by atoms with Gasteiger partial charge in [-0.05, 0) is 13.8 Å². The van der Waals surface area contributed by atoms with Crippen molar-refractivity contribution < 1.29 is 8.97 Å². The van der Waals surface area contributed by atoms with Gasteiger partial charge in [0.15, 0.2) is 0 Å². The van der Waals surface area contributed by atoms with Crippen molar-refractivity contribution in [2.45, 2.75) is 19.9 Å². The van der Waals surface area contributed by atoms with Crippen LogP contribution in [0.5, 0.6) is 0 Å². The van der Waals surface area contributed by atoms with Gasteiger partial charge in [0, 0.05) is 19.6 Å². The van der Waals surface area contributed by atoms with Crippen molar-refractivity contribution in [3.05, 3.63) is 0 Å². The van der Waals surface area contributed by atoms with Gasteiger partial charge in [0.05, 0.1) is 26.7 Å². The molecule has 3 N–H and O–H groups in total. The largest absolute Gasteiger partial charge is 0.329 e. The first-order chi connectivity index (χ1) is 7.92. The molecule has 1 aliphatic rings. The summed E-state index contributed by atoms with van der Waals surface area (Å²) < 4.78 is 2.46. The molecule has 0 aromatic rings. The molecule has 17 heavy (non-hydrogen) atoms. The van der Waals surface area contributed by atoms with Crippen LogP contribution in [0.4, 0.5) is 0 Å². The highest BCUT2D eigenvalue weighted by Gasteiger charge is 2.38. The Labute approximate surface area is 107 Å². The van der Waals surface area contributed by atoms with Gasteiger partial charge < -0.3 is 20.0 Å². The Morgan fingerprint density at radius 1 is 1.06 bits per heavy atom. The summed E-state index contributed by atoms with van der Waals surface area (Å²) in [6.45, 7) is 13.9. The van der Waals surface area contributed by atoms with Crippen molar-refractivity contribution in [2.75, 3.05) is 66.5 Å². The summed E-state index contributed by atoms with van der Waals surface area (Å²) in [5, 5.41) is 3.41. The second-order valence-electron chi connectivity index (χ2n) is 6.35. The number of rotatable bonds is 6. The zero-order valence-corrected chi connectivity index (χ0v) is 12.2. The Morgan fingerprint density at radius 2 is 1.65 bits per heavy atom. The lowest BCUT2D eigenvalue weighted by Gasteiger charge is -2.48. The van der Waals surface area contributed by atoms with Crippen molar-refractivity contribution in [3.8, 4) is 0 Å². The predicted octanol–water partition coefficient (Wildman–Crippen LogP) is -0.150. The molecule has 0 bridgehead atoms. The van der Waals surface area contributed by atoms with E-state index in [1.807, 2.05) is 0 Å². The zero-order valence-electron chi connectivity index (χ0n) is 12.2. The van der Waals surface area contributed by atoms with E-state index in [4.69, 9.17) is 5.73 Å². The van der Waals surface area contributed by atoms with Crippen LogP contribution in [0.25, 0.3) is 0 Å². The summed E-state index contributed by atoms with van der Waals surface area (Å²) in [5.74, 6) is 0. The summed E-state index contributed by atoms with van der Waals surface area (Å²) in [5.41, 5.74) is 5.48. The number of nitrogens with zero attached hydrogens (tertiary/aromatic N) is 2. The fourth-order valence-electron chi connectivity index (χ4n) is 2.48. The maximum atomic E-state index is 5.48. The van der Waals surface area contributed by atoms with E-state index in [0.717, 1.165) is 25.7 Å². The Bertz CT molecular complexity index is 219. The first kappa shape index (κ1) is 14.9. The Morgan fingerprint density at radius 3 is 2.12 bits per heavy atom. The van der Waals surface area contributed by atoms with Gasteiger partial charge in [-0.3, -0.25) is 0 Å². The molecule has 0 atom stereocenters. The quantitative estimate of drug-likeness (QED) is 0.504. The van der Waals surface area contributed by atoms with Crippen LogP contribution in [0.2, 0.25) is 0 Å². The molecule has 0 saturated carbocycles. The molecule has 1 fully saturated rings. The second-order valence-corrected chi connectivity index (χ2v) is 6.35. The van der Waals surface area contributed by atoms with Crippen LogP contribution in [-0.2, 0) is 0 Å². The van der Waals surface area contributed by atoms with Gasteiger partial charge in [-0.1, -0.05) is 0 Å². The minimum atomic E-state index is 0.742. The van der Waals surface area contributed by atoms with Crippen LogP contribution in [0.1, 0.15) is 13.8 Å². The van der Waals surface area contributed by atoms with Crippen LogP contribution in [0.15, 0.2) is 0 Å². The normalized spacial score (nSPS) is 34.2. The van der Waals surface area contributed by atoms with Crippen molar-refractivity contribution in [1.82, 2.24) is 5.32 Å². The topological polar surface area (TPSA) is 38.0 Å². The maximum Gasteiger partial charge on any atom is 0.129 e. The van der Waals surface area contributed by atoms with Gasteiger partial charge in [0.1, 0.15) is 26.2 Å². The monoisotopic (exact) mass is 244 g/mol. The Kier molecular flexibility index (Phi) is 5.38. The van der Waals surface area contributed by atoms with Crippen molar-refractivity contribution >= 4 is 0 Å². The molecule has 0 spiro atoms. The van der Waals surface area contributed by atoms with Gasteiger partial charge in [0.25, 0.3) is 0 Å². The molecule has 0 aromatic carbocycles. The summed E-state index contributed by atoms with van der Waals surface area (Å²) in [4.78, 5) is 0. The van der Waals surface area contributed by atoms with Crippen LogP contribution in [0, 0.1) is 0 Å². The molecule has 1 rings (SSSR count). The highest BCUT2D eigenvalue weighted by Crippen LogP contribution is 2.18. The van der Waals surface area contributed by atoms with E-state index in [0.29, 0.717) is 0 Å². The minimum absolute atomic E-state index is 0.742. The first-order valence-electron chi connectivity index (χ1n) is 7.00. The lowest BCUT2D eigenvalue weighted by molar-refractivity contribution is -1.02. The van der Waals surface area contributed by atoms with Crippen molar-refractivity contribution in [1.29, 1.82) is 0 Å². The van der Waals surface area contributed by atoms with E-state index in [-0.39, 0.29) is 0 Å². The average molecular weight is 244 g/mol.